The molecule has 1 fully saturated rings. The summed E-state index contributed by atoms with van der Waals surface area (Å²) in [6.45, 7) is 3.49. The van der Waals surface area contributed by atoms with Crippen molar-refractivity contribution in [2.24, 2.45) is 5.10 Å². The highest BCUT2D eigenvalue weighted by Gasteiger charge is 2.31. The summed E-state index contributed by atoms with van der Waals surface area (Å²) in [7, 11) is 0. The Labute approximate surface area is 159 Å². The van der Waals surface area contributed by atoms with Gasteiger partial charge in [0.05, 0.1) is 25.8 Å². The smallest absolute Gasteiger partial charge is 0.245 e. The fourth-order valence-corrected chi connectivity index (χ4v) is 2.68. The van der Waals surface area contributed by atoms with Crippen LogP contribution in [0, 0.1) is 0 Å². The first-order valence-corrected chi connectivity index (χ1v) is 9.00. The Balaban J connectivity index is 1.44. The summed E-state index contributed by atoms with van der Waals surface area (Å²) in [5.41, 5.74) is 4.48. The van der Waals surface area contributed by atoms with Crippen LogP contribution in [0.4, 0.5) is 0 Å². The van der Waals surface area contributed by atoms with Crippen molar-refractivity contribution in [2.75, 3.05) is 13.2 Å². The van der Waals surface area contributed by atoms with E-state index in [0.29, 0.717) is 19.8 Å². The number of carbonyl (C=O) groups excluding carboxylic acids is 1. The number of hydrogen-bond acceptors (Lipinski definition) is 5. The van der Waals surface area contributed by atoms with Crippen LogP contribution in [0.2, 0.25) is 0 Å². The third-order valence-corrected chi connectivity index (χ3v) is 4.12. The second-order valence-electron chi connectivity index (χ2n) is 6.50. The number of rotatable bonds is 7. The molecule has 0 radical (unpaired) electrons. The van der Waals surface area contributed by atoms with Gasteiger partial charge in [-0.25, -0.2) is 5.43 Å². The van der Waals surface area contributed by atoms with E-state index < -0.39 is 5.79 Å². The predicted molar refractivity (Wildman–Crippen MR) is 102 cm³/mol. The lowest BCUT2D eigenvalue weighted by molar-refractivity contribution is -0.256. The largest absolute Gasteiger partial charge is 0.489 e. The van der Waals surface area contributed by atoms with Crippen molar-refractivity contribution in [1.82, 2.24) is 5.43 Å². The summed E-state index contributed by atoms with van der Waals surface area (Å²) >= 11 is 0. The number of carbonyl (C=O) groups is 1. The van der Waals surface area contributed by atoms with Gasteiger partial charge in [-0.15, -0.1) is 0 Å². The van der Waals surface area contributed by atoms with E-state index in [9.17, 15) is 4.79 Å². The summed E-state index contributed by atoms with van der Waals surface area (Å²) in [6.07, 6.45) is 2.54. The third-order valence-electron chi connectivity index (χ3n) is 4.12. The van der Waals surface area contributed by atoms with Crippen LogP contribution < -0.4 is 10.2 Å². The molecule has 0 spiro atoms. The molecule has 0 aliphatic carbocycles. The molecule has 0 aromatic heterocycles. The van der Waals surface area contributed by atoms with Gasteiger partial charge in [-0.05, 0) is 48.7 Å². The van der Waals surface area contributed by atoms with Gasteiger partial charge in [0.2, 0.25) is 5.91 Å². The molecule has 1 aliphatic rings. The molecule has 6 heteroatoms. The zero-order valence-corrected chi connectivity index (χ0v) is 15.4. The topological polar surface area (TPSA) is 69.2 Å². The Morgan fingerprint density at radius 1 is 1.15 bits per heavy atom. The molecular weight excluding hydrogens is 344 g/mol. The number of hydrogen-bond donors (Lipinski definition) is 1. The molecule has 3 rings (SSSR count). The summed E-state index contributed by atoms with van der Waals surface area (Å²) in [5, 5.41) is 3.98. The Morgan fingerprint density at radius 2 is 1.85 bits per heavy atom. The average Bonchev–Trinajstić information content (AvgIpc) is 2.68. The molecule has 1 aliphatic heterocycles. The van der Waals surface area contributed by atoms with E-state index in [2.05, 4.69) is 10.5 Å². The van der Waals surface area contributed by atoms with Gasteiger partial charge in [-0.3, -0.25) is 4.79 Å². The van der Waals surface area contributed by atoms with E-state index in [1.54, 1.807) is 13.1 Å². The van der Waals surface area contributed by atoms with E-state index in [1.807, 2.05) is 54.6 Å². The predicted octanol–water partition coefficient (Wildman–Crippen LogP) is 3.26. The molecular formula is C21H24N2O4. The van der Waals surface area contributed by atoms with Crippen molar-refractivity contribution < 1.29 is 19.0 Å². The maximum atomic E-state index is 12.0. The molecule has 2 aromatic carbocycles. The maximum Gasteiger partial charge on any atom is 0.245 e. The van der Waals surface area contributed by atoms with Crippen molar-refractivity contribution in [3.63, 3.8) is 0 Å². The van der Waals surface area contributed by atoms with E-state index in [0.717, 1.165) is 23.3 Å². The first kappa shape index (κ1) is 19.1. The minimum atomic E-state index is -0.865. The second-order valence-corrected chi connectivity index (χ2v) is 6.50. The number of benzene rings is 2. The molecule has 0 saturated carbocycles. The molecule has 6 nitrogen and oxygen atoms in total. The number of nitrogens with zero attached hydrogens (tertiary/aromatic N) is 1. The van der Waals surface area contributed by atoms with Gasteiger partial charge < -0.3 is 14.2 Å². The van der Waals surface area contributed by atoms with Crippen LogP contribution in [0.25, 0.3) is 0 Å². The normalized spacial score (nSPS) is 16.2. The molecule has 142 valence electrons. The molecule has 1 heterocycles. The summed E-state index contributed by atoms with van der Waals surface area (Å²) in [4.78, 5) is 12.0. The van der Waals surface area contributed by atoms with E-state index >= 15 is 0 Å². The number of ether oxygens (including phenoxy) is 3. The van der Waals surface area contributed by atoms with Crippen molar-refractivity contribution in [1.29, 1.82) is 0 Å². The van der Waals surface area contributed by atoms with Crippen LogP contribution >= 0.6 is 0 Å². The van der Waals surface area contributed by atoms with Crippen LogP contribution in [-0.2, 0) is 20.9 Å². The van der Waals surface area contributed by atoms with Gasteiger partial charge >= 0.3 is 0 Å². The summed E-state index contributed by atoms with van der Waals surface area (Å²) in [5.74, 6) is -0.340. The monoisotopic (exact) mass is 368 g/mol. The fraction of sp³-hybridized carbons (Fsp3) is 0.333. The lowest BCUT2D eigenvalue weighted by Crippen LogP contribution is -2.41. The minimum absolute atomic E-state index is 0.108. The molecule has 1 amide bonds. The van der Waals surface area contributed by atoms with Crippen molar-refractivity contribution in [2.45, 2.75) is 32.2 Å². The highest BCUT2D eigenvalue weighted by Crippen LogP contribution is 2.21. The average molecular weight is 368 g/mol. The van der Waals surface area contributed by atoms with E-state index in [1.165, 1.54) is 0 Å². The molecule has 2 aromatic rings. The first-order chi connectivity index (χ1) is 13.1. The molecule has 0 atom stereocenters. The number of amides is 1. The van der Waals surface area contributed by atoms with Crippen molar-refractivity contribution in [3.05, 3.63) is 65.7 Å². The van der Waals surface area contributed by atoms with Crippen LogP contribution in [-0.4, -0.2) is 31.1 Å². The second kappa shape index (κ2) is 9.30. The Bertz CT molecular complexity index is 754. The first-order valence-electron chi connectivity index (χ1n) is 9.00. The van der Waals surface area contributed by atoms with Crippen LogP contribution in [0.3, 0.4) is 0 Å². The van der Waals surface area contributed by atoms with Crippen LogP contribution in [0.5, 0.6) is 5.75 Å². The van der Waals surface area contributed by atoms with Gasteiger partial charge in [-0.1, -0.05) is 30.3 Å². The van der Waals surface area contributed by atoms with Gasteiger partial charge in [0.1, 0.15) is 12.4 Å². The van der Waals surface area contributed by atoms with Gasteiger partial charge in [0, 0.05) is 0 Å². The summed E-state index contributed by atoms with van der Waals surface area (Å²) < 4.78 is 16.8. The standard InChI is InChI=1S/C21H24N2O4/c1-21(26-12-5-13-27-21)14-20(24)23-22-15-17-8-10-19(11-9-17)25-16-18-6-3-2-4-7-18/h2-4,6-11,15H,5,12-14,16H2,1H3,(H,23,24)/b22-15-. The SMILES string of the molecule is CC1(CC(=O)N/N=C\c2ccc(OCc3ccccc3)cc2)OCCCO1. The van der Waals surface area contributed by atoms with Crippen molar-refractivity contribution in [3.8, 4) is 5.75 Å². The van der Waals surface area contributed by atoms with Crippen LogP contribution in [0.1, 0.15) is 30.9 Å². The summed E-state index contributed by atoms with van der Waals surface area (Å²) in [6, 6.07) is 17.5. The lowest BCUT2D eigenvalue weighted by Gasteiger charge is -2.33. The molecule has 0 bridgehead atoms. The number of hydrazone groups is 1. The number of nitrogens with one attached hydrogen (secondary N) is 1. The molecule has 27 heavy (non-hydrogen) atoms. The Hall–Kier alpha value is -2.70. The minimum Gasteiger partial charge on any atom is -0.489 e. The van der Waals surface area contributed by atoms with Crippen molar-refractivity contribution >= 4 is 12.1 Å². The van der Waals surface area contributed by atoms with Gasteiger partial charge in [0.25, 0.3) is 0 Å². The zero-order valence-electron chi connectivity index (χ0n) is 15.4. The van der Waals surface area contributed by atoms with Gasteiger partial charge in [0.15, 0.2) is 5.79 Å². The zero-order chi connectivity index (χ0) is 19.0. The van der Waals surface area contributed by atoms with Gasteiger partial charge in [-0.2, -0.15) is 5.10 Å². The highest BCUT2D eigenvalue weighted by atomic mass is 16.7. The molecule has 1 saturated heterocycles. The lowest BCUT2D eigenvalue weighted by atomic mass is 10.2. The Kier molecular flexibility index (Phi) is 6.57. The Morgan fingerprint density at radius 3 is 2.56 bits per heavy atom. The third kappa shape index (κ3) is 6.20. The maximum absolute atomic E-state index is 12.0. The van der Waals surface area contributed by atoms with E-state index in [-0.39, 0.29) is 12.3 Å². The van der Waals surface area contributed by atoms with Crippen LogP contribution in [0.15, 0.2) is 59.7 Å². The fourth-order valence-electron chi connectivity index (χ4n) is 2.68. The quantitative estimate of drug-likeness (QED) is 0.602. The molecule has 0 unspecified atom stereocenters. The molecule has 1 N–H and O–H groups in total. The van der Waals surface area contributed by atoms with E-state index in [4.69, 9.17) is 14.2 Å². The highest BCUT2D eigenvalue weighted by molar-refractivity contribution is 5.82.